The number of hydrogen-bond acceptors (Lipinski definition) is 2. The van der Waals surface area contributed by atoms with Crippen LogP contribution in [0, 0.1) is 5.92 Å². The Balaban J connectivity index is 2.30. The molecule has 0 bridgehead atoms. The Morgan fingerprint density at radius 2 is 1.73 bits per heavy atom. The van der Waals surface area contributed by atoms with E-state index in [1.807, 2.05) is 13.8 Å². The average molecular weight is 212 g/mol. The Hall–Kier alpha value is -1.06. The van der Waals surface area contributed by atoms with Gasteiger partial charge >= 0.3 is 0 Å². The Morgan fingerprint density at radius 3 is 2.13 bits per heavy atom. The molecule has 1 rings (SSSR count). The minimum Gasteiger partial charge on any atom is -0.352 e. The Kier molecular flexibility index (Phi) is 4.12. The normalized spacial score (nSPS) is 18.1. The molecule has 2 N–H and O–H groups in total. The van der Waals surface area contributed by atoms with E-state index in [0.717, 1.165) is 19.3 Å². The summed E-state index contributed by atoms with van der Waals surface area (Å²) >= 11 is 0. The number of amides is 2. The van der Waals surface area contributed by atoms with Crippen LogP contribution in [-0.2, 0) is 9.59 Å². The van der Waals surface area contributed by atoms with E-state index in [-0.39, 0.29) is 23.8 Å². The summed E-state index contributed by atoms with van der Waals surface area (Å²) in [4.78, 5) is 23.0. The van der Waals surface area contributed by atoms with Gasteiger partial charge in [-0.25, -0.2) is 0 Å². The summed E-state index contributed by atoms with van der Waals surface area (Å²) in [7, 11) is 0. The number of hydrogen-bond donors (Lipinski definition) is 2. The summed E-state index contributed by atoms with van der Waals surface area (Å²) in [6.07, 6.45) is 3.05. The van der Waals surface area contributed by atoms with Crippen LogP contribution in [0.5, 0.6) is 0 Å². The first-order chi connectivity index (χ1) is 7.00. The zero-order chi connectivity index (χ0) is 11.4. The van der Waals surface area contributed by atoms with Gasteiger partial charge in [-0.2, -0.15) is 0 Å². The number of carbonyl (C=O) groups excluding carboxylic acids is 2. The van der Waals surface area contributed by atoms with Crippen LogP contribution in [0.25, 0.3) is 0 Å². The molecule has 4 nitrogen and oxygen atoms in total. The molecule has 86 valence electrons. The molecule has 0 spiro atoms. The smallest absolute Gasteiger partial charge is 0.242 e. The molecule has 15 heavy (non-hydrogen) atoms. The van der Waals surface area contributed by atoms with Crippen LogP contribution in [-0.4, -0.2) is 23.9 Å². The number of nitrogens with one attached hydrogen (secondary N) is 2. The lowest BCUT2D eigenvalue weighted by Crippen LogP contribution is -2.49. The molecule has 0 heterocycles. The molecule has 1 saturated carbocycles. The topological polar surface area (TPSA) is 58.2 Å². The highest BCUT2D eigenvalue weighted by Crippen LogP contribution is 2.26. The molecular weight excluding hydrogens is 192 g/mol. The predicted molar refractivity (Wildman–Crippen MR) is 58.2 cm³/mol. The minimum absolute atomic E-state index is 0.0210. The molecule has 1 atom stereocenters. The van der Waals surface area contributed by atoms with Crippen molar-refractivity contribution in [2.45, 2.75) is 52.1 Å². The molecule has 0 aliphatic heterocycles. The molecule has 0 aromatic heterocycles. The van der Waals surface area contributed by atoms with Crippen LogP contribution in [0.3, 0.4) is 0 Å². The summed E-state index contributed by atoms with van der Waals surface area (Å²) in [6.45, 7) is 5.52. The van der Waals surface area contributed by atoms with Gasteiger partial charge in [-0.1, -0.05) is 6.42 Å². The third-order valence-electron chi connectivity index (χ3n) is 2.66. The summed E-state index contributed by atoms with van der Waals surface area (Å²) in [5.41, 5.74) is 0. The molecule has 0 aromatic rings. The lowest BCUT2D eigenvalue weighted by molar-refractivity contribution is -0.132. The molecule has 2 amide bonds. The highest BCUT2D eigenvalue weighted by Gasteiger charge is 2.27. The maximum atomic E-state index is 11.5. The summed E-state index contributed by atoms with van der Waals surface area (Å²) < 4.78 is 0. The molecule has 0 aromatic carbocycles. The van der Waals surface area contributed by atoms with Gasteiger partial charge in [0.05, 0.1) is 0 Å². The van der Waals surface area contributed by atoms with E-state index in [1.54, 1.807) is 6.92 Å². The van der Waals surface area contributed by atoms with E-state index in [1.165, 1.54) is 0 Å². The maximum absolute atomic E-state index is 11.5. The summed E-state index contributed by atoms with van der Waals surface area (Å²) in [5, 5.41) is 5.51. The van der Waals surface area contributed by atoms with Gasteiger partial charge in [0.1, 0.15) is 6.04 Å². The van der Waals surface area contributed by atoms with Crippen LogP contribution in [0.1, 0.15) is 40.0 Å². The molecule has 4 heteroatoms. The first-order valence-corrected chi connectivity index (χ1v) is 5.61. The van der Waals surface area contributed by atoms with Gasteiger partial charge in [-0.3, -0.25) is 9.59 Å². The van der Waals surface area contributed by atoms with E-state index >= 15 is 0 Å². The first kappa shape index (κ1) is 12.0. The van der Waals surface area contributed by atoms with E-state index in [0.29, 0.717) is 0 Å². The van der Waals surface area contributed by atoms with Crippen molar-refractivity contribution in [3.8, 4) is 0 Å². The zero-order valence-corrected chi connectivity index (χ0v) is 9.67. The third-order valence-corrected chi connectivity index (χ3v) is 2.66. The van der Waals surface area contributed by atoms with Gasteiger partial charge < -0.3 is 10.6 Å². The first-order valence-electron chi connectivity index (χ1n) is 5.61. The van der Waals surface area contributed by atoms with Gasteiger partial charge in [-0.15, -0.1) is 0 Å². The van der Waals surface area contributed by atoms with Crippen LogP contribution < -0.4 is 10.6 Å². The fourth-order valence-electron chi connectivity index (χ4n) is 1.48. The van der Waals surface area contributed by atoms with E-state index in [9.17, 15) is 9.59 Å². The van der Waals surface area contributed by atoms with Crippen molar-refractivity contribution in [3.63, 3.8) is 0 Å². The second kappa shape index (κ2) is 5.14. The van der Waals surface area contributed by atoms with Crippen molar-refractivity contribution in [3.05, 3.63) is 0 Å². The fourth-order valence-corrected chi connectivity index (χ4v) is 1.48. The highest BCUT2D eigenvalue weighted by atomic mass is 16.2. The second-order valence-electron chi connectivity index (χ2n) is 4.52. The van der Waals surface area contributed by atoms with Crippen LogP contribution in [0.2, 0.25) is 0 Å². The van der Waals surface area contributed by atoms with Gasteiger partial charge in [0.2, 0.25) is 11.8 Å². The molecule has 0 saturated heterocycles. The van der Waals surface area contributed by atoms with Gasteiger partial charge in [0.15, 0.2) is 0 Å². The molecule has 0 unspecified atom stereocenters. The number of rotatable bonds is 4. The Bertz CT molecular complexity index is 247. The molecule has 1 aliphatic rings. The quantitative estimate of drug-likeness (QED) is 0.724. The monoisotopic (exact) mass is 212 g/mol. The van der Waals surface area contributed by atoms with Crippen molar-refractivity contribution in [2.24, 2.45) is 5.92 Å². The SMILES string of the molecule is CC(C)NC(=O)[C@H](C)NC(=O)C1CCC1. The molecule has 1 fully saturated rings. The predicted octanol–water partition coefficient (Wildman–Crippen LogP) is 0.816. The minimum atomic E-state index is -0.430. The third kappa shape index (κ3) is 3.53. The largest absolute Gasteiger partial charge is 0.352 e. The van der Waals surface area contributed by atoms with E-state index in [2.05, 4.69) is 10.6 Å². The van der Waals surface area contributed by atoms with Gasteiger partial charge in [0.25, 0.3) is 0 Å². The fraction of sp³-hybridized carbons (Fsp3) is 0.818. The van der Waals surface area contributed by atoms with Crippen molar-refractivity contribution in [1.29, 1.82) is 0 Å². The van der Waals surface area contributed by atoms with E-state index < -0.39 is 6.04 Å². The van der Waals surface area contributed by atoms with Crippen LogP contribution in [0.15, 0.2) is 0 Å². The van der Waals surface area contributed by atoms with Crippen LogP contribution >= 0.6 is 0 Å². The molecule has 0 radical (unpaired) electrons. The van der Waals surface area contributed by atoms with E-state index in [4.69, 9.17) is 0 Å². The van der Waals surface area contributed by atoms with Crippen molar-refractivity contribution in [1.82, 2.24) is 10.6 Å². The zero-order valence-electron chi connectivity index (χ0n) is 9.67. The number of carbonyl (C=O) groups is 2. The summed E-state index contributed by atoms with van der Waals surface area (Å²) in [5.74, 6) is 0.0460. The Labute approximate surface area is 90.8 Å². The van der Waals surface area contributed by atoms with Crippen molar-refractivity contribution in [2.75, 3.05) is 0 Å². The highest BCUT2D eigenvalue weighted by molar-refractivity contribution is 5.88. The lowest BCUT2D eigenvalue weighted by Gasteiger charge is -2.26. The summed E-state index contributed by atoms with van der Waals surface area (Å²) in [6, 6.07) is -0.318. The van der Waals surface area contributed by atoms with Gasteiger partial charge in [0, 0.05) is 12.0 Å². The van der Waals surface area contributed by atoms with Crippen molar-refractivity contribution < 1.29 is 9.59 Å². The standard InChI is InChI=1S/C11H20N2O2/c1-7(2)12-10(14)8(3)13-11(15)9-5-4-6-9/h7-9H,4-6H2,1-3H3,(H,12,14)(H,13,15)/t8-/m0/s1. The average Bonchev–Trinajstić information content (AvgIpc) is 1.98. The maximum Gasteiger partial charge on any atom is 0.242 e. The molecule has 1 aliphatic carbocycles. The molecular formula is C11H20N2O2. The second-order valence-corrected chi connectivity index (χ2v) is 4.52. The van der Waals surface area contributed by atoms with Crippen LogP contribution in [0.4, 0.5) is 0 Å². The van der Waals surface area contributed by atoms with Crippen molar-refractivity contribution >= 4 is 11.8 Å². The Morgan fingerprint density at radius 1 is 1.13 bits per heavy atom. The lowest BCUT2D eigenvalue weighted by atomic mass is 9.84. The van der Waals surface area contributed by atoms with Gasteiger partial charge in [-0.05, 0) is 33.6 Å².